The molecule has 1 N–H and O–H groups in total. The molecule has 11 heteroatoms. The van der Waals surface area contributed by atoms with E-state index in [0.29, 0.717) is 34.0 Å². The van der Waals surface area contributed by atoms with E-state index < -0.39 is 5.09 Å². The molecule has 0 aliphatic heterocycles. The highest BCUT2D eigenvalue weighted by molar-refractivity contribution is 6.35. The minimum absolute atomic E-state index is 0.342. The number of allylic oxidation sites excluding steroid dienone is 1. The van der Waals surface area contributed by atoms with Gasteiger partial charge in [0.2, 0.25) is 0 Å². The minimum Gasteiger partial charge on any atom is -0.490 e. The third-order valence-corrected chi connectivity index (χ3v) is 4.80. The van der Waals surface area contributed by atoms with Crippen LogP contribution in [-0.4, -0.2) is 33.1 Å². The molecule has 0 saturated heterocycles. The normalized spacial score (nSPS) is 11.1. The van der Waals surface area contributed by atoms with Gasteiger partial charge in [-0.3, -0.25) is 0 Å². The molecule has 0 fully saturated rings. The minimum atomic E-state index is -1.50. The number of benzene rings is 2. The Morgan fingerprint density at radius 3 is 2.34 bits per heavy atom. The second-order valence-electron chi connectivity index (χ2n) is 6.11. The third-order valence-electron chi connectivity index (χ3n) is 4.00. The number of hydrogen-bond donors (Lipinski definition) is 1. The molecule has 0 radical (unpaired) electrons. The summed E-state index contributed by atoms with van der Waals surface area (Å²) in [4.78, 5) is 12.5. The molecule has 0 atom stereocenters. The summed E-state index contributed by atoms with van der Waals surface area (Å²) < 4.78 is 13.8. The molecule has 0 spiro atoms. The Kier molecular flexibility index (Phi) is 10.1. The molecule has 0 amide bonds. The fourth-order valence-electron chi connectivity index (χ4n) is 2.70. The van der Waals surface area contributed by atoms with Gasteiger partial charge in [-0.2, -0.15) is 0 Å². The van der Waals surface area contributed by atoms with Crippen LogP contribution in [0.25, 0.3) is 11.5 Å². The van der Waals surface area contributed by atoms with Crippen LogP contribution >= 0.6 is 34.8 Å². The molecular weight excluding hydrogens is 481 g/mol. The van der Waals surface area contributed by atoms with Crippen molar-refractivity contribution in [3.05, 3.63) is 91.9 Å². The Balaban J connectivity index is 0.000000837. The van der Waals surface area contributed by atoms with E-state index in [1.54, 1.807) is 36.8 Å². The van der Waals surface area contributed by atoms with Gasteiger partial charge in [-0.15, -0.1) is 10.1 Å². The number of aromatic nitrogens is 2. The highest BCUT2D eigenvalue weighted by Crippen LogP contribution is 2.32. The van der Waals surface area contributed by atoms with Gasteiger partial charge in [0.1, 0.15) is 24.7 Å². The van der Waals surface area contributed by atoms with E-state index in [-0.39, 0.29) is 0 Å². The zero-order valence-corrected chi connectivity index (χ0v) is 19.2. The Morgan fingerprint density at radius 2 is 1.78 bits per heavy atom. The first-order chi connectivity index (χ1) is 15.3. The molecule has 0 aliphatic rings. The van der Waals surface area contributed by atoms with Crippen LogP contribution in [-0.2, 0) is 4.74 Å². The average Bonchev–Trinajstić information content (AvgIpc) is 3.26. The Labute approximate surface area is 199 Å². The summed E-state index contributed by atoms with van der Waals surface area (Å²) >= 11 is 18.4. The molecule has 170 valence electrons. The highest BCUT2D eigenvalue weighted by Gasteiger charge is 2.15. The van der Waals surface area contributed by atoms with Crippen LogP contribution in [0.1, 0.15) is 18.9 Å². The Morgan fingerprint density at radius 1 is 1.12 bits per heavy atom. The van der Waals surface area contributed by atoms with Gasteiger partial charge in [0.15, 0.2) is 0 Å². The fraction of sp³-hybridized carbons (Fsp3) is 0.190. The van der Waals surface area contributed by atoms with E-state index in [1.165, 1.54) is 0 Å². The van der Waals surface area contributed by atoms with Crippen LogP contribution in [0.15, 0.2) is 61.2 Å². The van der Waals surface area contributed by atoms with E-state index >= 15 is 0 Å². The van der Waals surface area contributed by atoms with Gasteiger partial charge in [0.25, 0.3) is 5.09 Å². The standard InChI is InChI=1S/C21H19Cl3N2O2.HNO3/c1-2-20(26-10-9-25-14-26)21(18-8-5-16(23)13-19(18)24)28-12-11-27-17-6-3-15(22)4-7-17;2-1(3)4/h3-10,13-14H,2,11-12H2,1H3;(H,2,3,4). The monoisotopic (exact) mass is 499 g/mol. The number of imidazole rings is 1. The molecule has 0 aliphatic carbocycles. The average molecular weight is 501 g/mol. The predicted molar refractivity (Wildman–Crippen MR) is 124 cm³/mol. The number of ether oxygens (including phenoxy) is 2. The molecule has 32 heavy (non-hydrogen) atoms. The first-order valence-electron chi connectivity index (χ1n) is 9.33. The second-order valence-corrected chi connectivity index (χ2v) is 7.39. The summed E-state index contributed by atoms with van der Waals surface area (Å²) in [6.45, 7) is 2.76. The first kappa shape index (κ1) is 25.3. The molecule has 2 aromatic carbocycles. The first-order valence-corrected chi connectivity index (χ1v) is 10.5. The summed E-state index contributed by atoms with van der Waals surface area (Å²) in [7, 11) is 0. The number of rotatable bonds is 8. The smallest absolute Gasteiger partial charge is 0.291 e. The number of halogens is 3. The van der Waals surface area contributed by atoms with Gasteiger partial charge in [-0.05, 0) is 48.9 Å². The van der Waals surface area contributed by atoms with Crippen molar-refractivity contribution >= 4 is 46.3 Å². The maximum atomic E-state index is 8.36. The van der Waals surface area contributed by atoms with Gasteiger partial charge in [0.05, 0.1) is 17.0 Å². The van der Waals surface area contributed by atoms with E-state index in [2.05, 4.69) is 4.98 Å². The van der Waals surface area contributed by atoms with Crippen LogP contribution < -0.4 is 4.74 Å². The van der Waals surface area contributed by atoms with Gasteiger partial charge in [-0.1, -0.05) is 41.7 Å². The van der Waals surface area contributed by atoms with Crippen LogP contribution in [0.2, 0.25) is 15.1 Å². The van der Waals surface area contributed by atoms with Gasteiger partial charge in [0, 0.05) is 28.0 Å². The second kappa shape index (κ2) is 12.8. The molecule has 0 unspecified atom stereocenters. The van der Waals surface area contributed by atoms with E-state index in [4.69, 9.17) is 59.6 Å². The zero-order valence-electron chi connectivity index (χ0n) is 17.0. The molecule has 1 heterocycles. The predicted octanol–water partition coefficient (Wildman–Crippen LogP) is 6.33. The molecular formula is C21H20Cl3N3O5. The maximum absolute atomic E-state index is 8.36. The lowest BCUT2D eigenvalue weighted by molar-refractivity contribution is -0.742. The van der Waals surface area contributed by atoms with Gasteiger partial charge >= 0.3 is 0 Å². The molecule has 8 nitrogen and oxygen atoms in total. The maximum Gasteiger partial charge on any atom is 0.291 e. The summed E-state index contributed by atoms with van der Waals surface area (Å²) in [5.74, 6) is 1.40. The summed E-state index contributed by atoms with van der Waals surface area (Å²) in [5.41, 5.74) is 1.70. The Hall–Kier alpha value is -2.94. The summed E-state index contributed by atoms with van der Waals surface area (Å²) in [5, 5.41) is 15.4. The number of hydrogen-bond acceptors (Lipinski definition) is 5. The van der Waals surface area contributed by atoms with E-state index in [0.717, 1.165) is 23.4 Å². The zero-order chi connectivity index (χ0) is 23.5. The van der Waals surface area contributed by atoms with Crippen molar-refractivity contribution in [2.24, 2.45) is 0 Å². The van der Waals surface area contributed by atoms with Crippen molar-refractivity contribution in [1.29, 1.82) is 0 Å². The lowest BCUT2D eigenvalue weighted by atomic mass is 10.1. The molecule has 0 saturated carbocycles. The SMILES string of the molecule is CCC(=C(OCCOc1ccc(Cl)cc1)c1ccc(Cl)cc1Cl)n1ccnc1.O=[N+]([O-])O. The van der Waals surface area contributed by atoms with Gasteiger partial charge in [-0.25, -0.2) is 4.98 Å². The fourth-order valence-corrected chi connectivity index (χ4v) is 3.32. The van der Waals surface area contributed by atoms with Crippen molar-refractivity contribution in [3.63, 3.8) is 0 Å². The van der Waals surface area contributed by atoms with Crippen molar-refractivity contribution in [2.75, 3.05) is 13.2 Å². The van der Waals surface area contributed by atoms with Gasteiger partial charge < -0.3 is 19.2 Å². The van der Waals surface area contributed by atoms with Crippen LogP contribution in [0.3, 0.4) is 0 Å². The molecule has 3 aromatic rings. The summed E-state index contributed by atoms with van der Waals surface area (Å²) in [6, 6.07) is 12.5. The van der Waals surface area contributed by atoms with Crippen molar-refractivity contribution in [3.8, 4) is 5.75 Å². The third kappa shape index (κ3) is 7.96. The largest absolute Gasteiger partial charge is 0.490 e. The molecule has 3 rings (SSSR count). The quantitative estimate of drug-likeness (QED) is 0.168. The van der Waals surface area contributed by atoms with Crippen molar-refractivity contribution in [1.82, 2.24) is 9.55 Å². The van der Waals surface area contributed by atoms with Crippen LogP contribution in [0, 0.1) is 10.1 Å². The lowest BCUT2D eigenvalue weighted by Gasteiger charge is -2.18. The van der Waals surface area contributed by atoms with Crippen molar-refractivity contribution < 1.29 is 19.8 Å². The summed E-state index contributed by atoms with van der Waals surface area (Å²) in [6.07, 6.45) is 6.05. The molecule has 0 bridgehead atoms. The van der Waals surface area contributed by atoms with Crippen molar-refractivity contribution in [2.45, 2.75) is 13.3 Å². The van der Waals surface area contributed by atoms with E-state index in [1.807, 2.05) is 35.9 Å². The highest BCUT2D eigenvalue weighted by atomic mass is 35.5. The lowest BCUT2D eigenvalue weighted by Crippen LogP contribution is -2.09. The topological polar surface area (TPSA) is 99.7 Å². The van der Waals surface area contributed by atoms with E-state index in [9.17, 15) is 0 Å². The molecule has 1 aromatic heterocycles. The van der Waals surface area contributed by atoms with Crippen LogP contribution in [0.5, 0.6) is 5.75 Å². The number of nitrogens with zero attached hydrogens (tertiary/aromatic N) is 3. The Bertz CT molecular complexity index is 1040. The van der Waals surface area contributed by atoms with Crippen LogP contribution in [0.4, 0.5) is 0 Å².